The molecule has 0 radical (unpaired) electrons. The second-order valence-electron chi connectivity index (χ2n) is 7.23. The molecule has 0 atom stereocenters. The van der Waals surface area contributed by atoms with Crippen LogP contribution in [-0.2, 0) is 17.7 Å². The molecular weight excluding hydrogens is 390 g/mol. The SMILES string of the molecule is CCCCc1nc(OCCOC)cc(=O)n1Cc1ccc(-c2ccccc2C#N)cc1. The van der Waals surface area contributed by atoms with E-state index in [-0.39, 0.29) is 5.56 Å². The van der Waals surface area contributed by atoms with Gasteiger partial charge in [-0.3, -0.25) is 9.36 Å². The van der Waals surface area contributed by atoms with Crippen LogP contribution >= 0.6 is 0 Å². The highest BCUT2D eigenvalue weighted by molar-refractivity contribution is 5.70. The number of nitrogens with zero attached hydrogens (tertiary/aromatic N) is 3. The number of aromatic nitrogens is 2. The van der Waals surface area contributed by atoms with Gasteiger partial charge in [0.15, 0.2) is 0 Å². The van der Waals surface area contributed by atoms with Gasteiger partial charge in [-0.2, -0.15) is 10.2 Å². The summed E-state index contributed by atoms with van der Waals surface area (Å²) >= 11 is 0. The Kier molecular flexibility index (Phi) is 7.97. The van der Waals surface area contributed by atoms with Crippen molar-refractivity contribution in [1.82, 2.24) is 9.55 Å². The number of aryl methyl sites for hydroxylation is 1. The van der Waals surface area contributed by atoms with Crippen molar-refractivity contribution in [1.29, 1.82) is 5.26 Å². The van der Waals surface area contributed by atoms with Crippen LogP contribution in [0.1, 0.15) is 36.7 Å². The first kappa shape index (κ1) is 22.3. The van der Waals surface area contributed by atoms with Crippen LogP contribution < -0.4 is 10.3 Å². The lowest BCUT2D eigenvalue weighted by Crippen LogP contribution is -2.26. The minimum atomic E-state index is -0.132. The summed E-state index contributed by atoms with van der Waals surface area (Å²) < 4.78 is 12.3. The summed E-state index contributed by atoms with van der Waals surface area (Å²) in [6.07, 6.45) is 2.66. The maximum atomic E-state index is 12.8. The van der Waals surface area contributed by atoms with Crippen LogP contribution in [0.3, 0.4) is 0 Å². The molecule has 160 valence electrons. The van der Waals surface area contributed by atoms with E-state index in [1.54, 1.807) is 11.7 Å². The number of hydrogen-bond donors (Lipinski definition) is 0. The Balaban J connectivity index is 1.85. The predicted octanol–water partition coefficient (Wildman–Crippen LogP) is 4.20. The highest BCUT2D eigenvalue weighted by Gasteiger charge is 2.11. The molecular formula is C25H27N3O3. The van der Waals surface area contributed by atoms with Crippen molar-refractivity contribution >= 4 is 0 Å². The Bertz CT molecular complexity index is 1100. The van der Waals surface area contributed by atoms with Gasteiger partial charge < -0.3 is 9.47 Å². The topological polar surface area (TPSA) is 77.1 Å². The molecule has 3 rings (SSSR count). The van der Waals surface area contributed by atoms with E-state index in [0.29, 0.717) is 37.6 Å². The van der Waals surface area contributed by atoms with Crippen LogP contribution in [0, 0.1) is 11.3 Å². The molecule has 0 spiro atoms. The lowest BCUT2D eigenvalue weighted by atomic mass is 9.99. The Labute approximate surface area is 182 Å². The molecule has 0 fully saturated rings. The van der Waals surface area contributed by atoms with Gasteiger partial charge in [0.05, 0.1) is 30.9 Å². The lowest BCUT2D eigenvalue weighted by molar-refractivity contribution is 0.143. The molecule has 0 aliphatic rings. The zero-order chi connectivity index (χ0) is 22.1. The predicted molar refractivity (Wildman–Crippen MR) is 120 cm³/mol. The van der Waals surface area contributed by atoms with Crippen molar-refractivity contribution in [3.63, 3.8) is 0 Å². The molecule has 31 heavy (non-hydrogen) atoms. The van der Waals surface area contributed by atoms with Crippen molar-refractivity contribution in [2.45, 2.75) is 32.7 Å². The van der Waals surface area contributed by atoms with Gasteiger partial charge in [0.25, 0.3) is 5.56 Å². The van der Waals surface area contributed by atoms with E-state index in [2.05, 4.69) is 18.0 Å². The molecule has 0 aliphatic heterocycles. The number of benzene rings is 2. The fraction of sp³-hybridized carbons (Fsp3) is 0.320. The highest BCUT2D eigenvalue weighted by Crippen LogP contribution is 2.23. The average molecular weight is 418 g/mol. The summed E-state index contributed by atoms with van der Waals surface area (Å²) in [5, 5.41) is 9.34. The summed E-state index contributed by atoms with van der Waals surface area (Å²) in [4.78, 5) is 17.4. The fourth-order valence-electron chi connectivity index (χ4n) is 3.33. The largest absolute Gasteiger partial charge is 0.475 e. The number of rotatable bonds is 10. The molecule has 6 nitrogen and oxygen atoms in total. The molecule has 1 aromatic heterocycles. The summed E-state index contributed by atoms with van der Waals surface area (Å²) in [6, 6.07) is 19.1. The van der Waals surface area contributed by atoms with Crippen molar-refractivity contribution in [2.24, 2.45) is 0 Å². The Hall–Kier alpha value is -3.43. The van der Waals surface area contributed by atoms with Gasteiger partial charge in [-0.15, -0.1) is 0 Å². The third kappa shape index (κ3) is 5.80. The fourth-order valence-corrected chi connectivity index (χ4v) is 3.33. The van der Waals surface area contributed by atoms with Gasteiger partial charge in [-0.1, -0.05) is 55.8 Å². The van der Waals surface area contributed by atoms with Crippen molar-refractivity contribution < 1.29 is 9.47 Å². The van der Waals surface area contributed by atoms with E-state index in [1.165, 1.54) is 6.07 Å². The molecule has 3 aromatic rings. The third-order valence-electron chi connectivity index (χ3n) is 5.01. The monoisotopic (exact) mass is 417 g/mol. The third-order valence-corrected chi connectivity index (χ3v) is 5.01. The molecule has 1 heterocycles. The van der Waals surface area contributed by atoms with Crippen LogP contribution in [0.5, 0.6) is 5.88 Å². The molecule has 0 amide bonds. The average Bonchev–Trinajstić information content (AvgIpc) is 2.80. The first-order valence-electron chi connectivity index (χ1n) is 10.5. The Morgan fingerprint density at radius 1 is 1.10 bits per heavy atom. The zero-order valence-electron chi connectivity index (χ0n) is 18.0. The number of nitriles is 1. The van der Waals surface area contributed by atoms with Gasteiger partial charge >= 0.3 is 0 Å². The maximum absolute atomic E-state index is 12.8. The standard InChI is InChI=1S/C25H27N3O3/c1-3-4-9-23-27-24(31-15-14-30-2)16-25(29)28(23)18-19-10-12-20(13-11-19)22-8-6-5-7-21(22)17-26/h5-8,10-13,16H,3-4,9,14-15,18H2,1-2H3. The van der Waals surface area contributed by atoms with Crippen molar-refractivity contribution in [2.75, 3.05) is 20.3 Å². The number of unbranched alkanes of at least 4 members (excludes halogenated alkanes) is 1. The summed E-state index contributed by atoms with van der Waals surface area (Å²) in [5.41, 5.74) is 3.37. The zero-order valence-corrected chi connectivity index (χ0v) is 18.0. The first-order chi connectivity index (χ1) is 15.2. The molecule has 0 aliphatic carbocycles. The van der Waals surface area contributed by atoms with E-state index in [4.69, 9.17) is 9.47 Å². The van der Waals surface area contributed by atoms with E-state index < -0.39 is 0 Å². The second kappa shape index (κ2) is 11.1. The van der Waals surface area contributed by atoms with Crippen LogP contribution in [-0.4, -0.2) is 29.9 Å². The Morgan fingerprint density at radius 2 is 1.87 bits per heavy atom. The summed E-state index contributed by atoms with van der Waals surface area (Å²) in [7, 11) is 1.60. The van der Waals surface area contributed by atoms with Gasteiger partial charge in [0, 0.05) is 13.5 Å². The Morgan fingerprint density at radius 3 is 2.58 bits per heavy atom. The summed E-state index contributed by atoms with van der Waals surface area (Å²) in [6.45, 7) is 3.34. The van der Waals surface area contributed by atoms with Gasteiger partial charge in [0.1, 0.15) is 12.4 Å². The quantitative estimate of drug-likeness (QED) is 0.462. The molecule has 0 saturated heterocycles. The van der Waals surface area contributed by atoms with Gasteiger partial charge in [-0.05, 0) is 29.2 Å². The van der Waals surface area contributed by atoms with Crippen molar-refractivity contribution in [3.05, 3.63) is 81.9 Å². The summed E-state index contributed by atoms with van der Waals surface area (Å²) in [5.74, 6) is 1.06. The van der Waals surface area contributed by atoms with Crippen LogP contribution in [0.25, 0.3) is 11.1 Å². The maximum Gasteiger partial charge on any atom is 0.257 e. The van der Waals surface area contributed by atoms with E-state index in [0.717, 1.165) is 35.4 Å². The normalized spacial score (nSPS) is 10.6. The minimum absolute atomic E-state index is 0.132. The number of hydrogen-bond acceptors (Lipinski definition) is 5. The number of ether oxygens (including phenoxy) is 2. The number of methoxy groups -OCH3 is 1. The van der Waals surface area contributed by atoms with Crippen molar-refractivity contribution in [3.8, 4) is 23.1 Å². The van der Waals surface area contributed by atoms with E-state index in [1.807, 2.05) is 48.5 Å². The molecule has 0 saturated carbocycles. The minimum Gasteiger partial charge on any atom is -0.475 e. The highest BCUT2D eigenvalue weighted by atomic mass is 16.5. The molecule has 6 heteroatoms. The molecule has 0 bridgehead atoms. The van der Waals surface area contributed by atoms with Crippen LogP contribution in [0.4, 0.5) is 0 Å². The van der Waals surface area contributed by atoms with E-state index in [9.17, 15) is 10.1 Å². The molecule has 2 aromatic carbocycles. The van der Waals surface area contributed by atoms with Gasteiger partial charge in [0.2, 0.25) is 5.88 Å². The van der Waals surface area contributed by atoms with E-state index >= 15 is 0 Å². The molecule has 0 unspecified atom stereocenters. The smallest absolute Gasteiger partial charge is 0.257 e. The second-order valence-corrected chi connectivity index (χ2v) is 7.23. The molecule has 0 N–H and O–H groups in total. The lowest BCUT2D eigenvalue weighted by Gasteiger charge is -2.14. The van der Waals surface area contributed by atoms with Gasteiger partial charge in [-0.25, -0.2) is 0 Å². The van der Waals surface area contributed by atoms with Crippen LogP contribution in [0.15, 0.2) is 59.4 Å². The van der Waals surface area contributed by atoms with Crippen LogP contribution in [0.2, 0.25) is 0 Å². The first-order valence-corrected chi connectivity index (χ1v) is 10.5.